The number of ketones is 1. The second-order valence-electron chi connectivity index (χ2n) is 4.30. The van der Waals surface area contributed by atoms with Gasteiger partial charge in [-0.05, 0) is 30.3 Å². The van der Waals surface area contributed by atoms with Crippen LogP contribution in [0.15, 0.2) is 57.6 Å². The molecule has 0 bridgehead atoms. The van der Waals surface area contributed by atoms with Gasteiger partial charge in [0.2, 0.25) is 0 Å². The number of benzene rings is 1. The summed E-state index contributed by atoms with van der Waals surface area (Å²) in [4.78, 5) is 15.2. The first kappa shape index (κ1) is 16.8. The number of Topliss-reactive ketones (excluding diaryl/α,β-unsaturated/α-hetero) is 1. The zero-order chi connectivity index (χ0) is 17.0. The van der Waals surface area contributed by atoms with Crippen molar-refractivity contribution in [2.75, 3.05) is 0 Å². The van der Waals surface area contributed by atoms with Crippen LogP contribution in [0.25, 0.3) is 5.76 Å². The molecular formula is C15H9ClF3NO3. The number of allylic oxidation sites excluding steroid dienone is 1. The molecule has 23 heavy (non-hydrogen) atoms. The Labute approximate surface area is 133 Å². The van der Waals surface area contributed by atoms with E-state index in [0.717, 1.165) is 6.26 Å². The molecule has 0 saturated heterocycles. The maximum atomic E-state index is 12.7. The van der Waals surface area contributed by atoms with E-state index in [9.17, 15) is 23.1 Å². The number of aliphatic hydroxyl groups is 1. The van der Waals surface area contributed by atoms with Crippen LogP contribution < -0.4 is 0 Å². The van der Waals surface area contributed by atoms with E-state index in [-0.39, 0.29) is 11.4 Å². The summed E-state index contributed by atoms with van der Waals surface area (Å²) in [7, 11) is 0. The maximum absolute atomic E-state index is 12.7. The fraction of sp³-hybridized carbons (Fsp3) is 0.0667. The zero-order valence-corrected chi connectivity index (χ0v) is 12.1. The van der Waals surface area contributed by atoms with Crippen LogP contribution in [0, 0.1) is 0 Å². The number of aliphatic imine (C=N–C) groups is 1. The number of hydrogen-bond donors (Lipinski definition) is 1. The van der Waals surface area contributed by atoms with Crippen molar-refractivity contribution in [2.24, 2.45) is 4.99 Å². The minimum Gasteiger partial charge on any atom is -0.504 e. The minimum atomic E-state index is -5.17. The molecule has 2 aromatic rings. The smallest absolute Gasteiger partial charge is 0.455 e. The van der Waals surface area contributed by atoms with Crippen molar-refractivity contribution in [3.05, 3.63) is 59.0 Å². The third kappa shape index (κ3) is 4.23. The SMILES string of the molecule is O=C(/C(C=Nc1cccc(Cl)c1)=C(/O)c1ccco1)C(F)(F)F. The van der Waals surface area contributed by atoms with Crippen LogP contribution in [0.4, 0.5) is 18.9 Å². The van der Waals surface area contributed by atoms with Gasteiger partial charge in [-0.2, -0.15) is 13.2 Å². The number of carbonyl (C=O) groups excluding carboxylic acids is 1. The molecule has 1 N–H and O–H groups in total. The first-order valence-electron chi connectivity index (χ1n) is 6.17. The highest BCUT2D eigenvalue weighted by Crippen LogP contribution is 2.26. The lowest BCUT2D eigenvalue weighted by atomic mass is 10.1. The van der Waals surface area contributed by atoms with Crippen LogP contribution in [-0.4, -0.2) is 23.3 Å². The van der Waals surface area contributed by atoms with E-state index in [0.29, 0.717) is 11.2 Å². The minimum absolute atomic E-state index is 0.220. The molecule has 8 heteroatoms. The average molecular weight is 344 g/mol. The highest BCUT2D eigenvalue weighted by atomic mass is 35.5. The third-order valence-corrected chi connectivity index (χ3v) is 2.90. The van der Waals surface area contributed by atoms with Gasteiger partial charge in [0.15, 0.2) is 11.5 Å². The van der Waals surface area contributed by atoms with Gasteiger partial charge in [-0.3, -0.25) is 9.79 Å². The molecule has 0 spiro atoms. The summed E-state index contributed by atoms with van der Waals surface area (Å²) in [6.45, 7) is 0. The second kappa shape index (κ2) is 6.70. The van der Waals surface area contributed by atoms with Crippen LogP contribution in [0.2, 0.25) is 5.02 Å². The van der Waals surface area contributed by atoms with Gasteiger partial charge in [-0.25, -0.2) is 0 Å². The Balaban J connectivity index is 2.46. The number of rotatable bonds is 4. The summed E-state index contributed by atoms with van der Waals surface area (Å²) < 4.78 is 42.8. The largest absolute Gasteiger partial charge is 0.504 e. The predicted molar refractivity (Wildman–Crippen MR) is 78.9 cm³/mol. The molecule has 0 atom stereocenters. The van der Waals surface area contributed by atoms with Crippen LogP contribution in [0.1, 0.15) is 5.76 Å². The molecule has 1 aromatic carbocycles. The number of furan rings is 1. The second-order valence-corrected chi connectivity index (χ2v) is 4.74. The molecule has 0 fully saturated rings. The molecule has 0 unspecified atom stereocenters. The van der Waals surface area contributed by atoms with Gasteiger partial charge in [-0.1, -0.05) is 17.7 Å². The van der Waals surface area contributed by atoms with E-state index in [1.165, 1.54) is 30.3 Å². The summed E-state index contributed by atoms with van der Waals surface area (Å²) in [6.07, 6.45) is -3.40. The van der Waals surface area contributed by atoms with E-state index >= 15 is 0 Å². The number of carbonyl (C=O) groups is 1. The predicted octanol–water partition coefficient (Wildman–Crippen LogP) is 4.74. The van der Waals surface area contributed by atoms with Crippen LogP contribution >= 0.6 is 11.6 Å². The van der Waals surface area contributed by atoms with Crippen molar-refractivity contribution < 1.29 is 27.5 Å². The van der Waals surface area contributed by atoms with Gasteiger partial charge in [0.1, 0.15) is 0 Å². The summed E-state index contributed by atoms with van der Waals surface area (Å²) >= 11 is 5.74. The Bertz CT molecular complexity index is 765. The number of hydrogen-bond acceptors (Lipinski definition) is 4. The molecule has 0 saturated carbocycles. The first-order valence-corrected chi connectivity index (χ1v) is 6.55. The van der Waals surface area contributed by atoms with Crippen molar-refractivity contribution in [2.45, 2.75) is 6.18 Å². The highest BCUT2D eigenvalue weighted by molar-refractivity contribution is 6.30. The van der Waals surface area contributed by atoms with Crippen molar-refractivity contribution in [3.8, 4) is 0 Å². The summed E-state index contributed by atoms with van der Waals surface area (Å²) in [5.41, 5.74) is -0.815. The normalized spacial score (nSPS) is 13.2. The molecule has 1 heterocycles. The molecule has 0 radical (unpaired) electrons. The molecule has 4 nitrogen and oxygen atoms in total. The molecule has 2 rings (SSSR count). The molecule has 0 amide bonds. The third-order valence-electron chi connectivity index (χ3n) is 2.66. The number of aliphatic hydroxyl groups excluding tert-OH is 1. The fourth-order valence-electron chi connectivity index (χ4n) is 1.62. The monoisotopic (exact) mass is 343 g/mol. The standard InChI is InChI=1S/C15H9ClF3NO3/c16-9-3-1-4-10(7-9)20-8-11(14(22)15(17,18)19)13(21)12-5-2-6-23-12/h1-8,21H/b13-11+,20-8?. The van der Waals surface area contributed by atoms with E-state index < -0.39 is 23.3 Å². The molecule has 0 aliphatic heterocycles. The van der Waals surface area contributed by atoms with Gasteiger partial charge in [0, 0.05) is 11.2 Å². The van der Waals surface area contributed by atoms with Gasteiger partial charge in [0.25, 0.3) is 5.78 Å². The van der Waals surface area contributed by atoms with E-state index in [2.05, 4.69) is 4.99 Å². The zero-order valence-electron chi connectivity index (χ0n) is 11.3. The number of alkyl halides is 3. The van der Waals surface area contributed by atoms with Gasteiger partial charge < -0.3 is 9.52 Å². The lowest BCUT2D eigenvalue weighted by Crippen LogP contribution is -2.26. The van der Waals surface area contributed by atoms with E-state index in [1.54, 1.807) is 6.07 Å². The van der Waals surface area contributed by atoms with Gasteiger partial charge in [0.05, 0.1) is 17.5 Å². The van der Waals surface area contributed by atoms with Gasteiger partial charge in [-0.15, -0.1) is 0 Å². The topological polar surface area (TPSA) is 62.8 Å². The maximum Gasteiger partial charge on any atom is 0.455 e. The molecular weight excluding hydrogens is 335 g/mol. The quantitative estimate of drug-likeness (QED) is 0.495. The molecule has 0 aliphatic carbocycles. The lowest BCUT2D eigenvalue weighted by Gasteiger charge is -2.07. The highest BCUT2D eigenvalue weighted by Gasteiger charge is 2.42. The summed E-state index contributed by atoms with van der Waals surface area (Å²) in [5.74, 6) is -3.48. The number of halogens is 4. The Morgan fingerprint density at radius 3 is 2.57 bits per heavy atom. The van der Waals surface area contributed by atoms with E-state index in [4.69, 9.17) is 16.0 Å². The van der Waals surface area contributed by atoms with Crippen LogP contribution in [0.5, 0.6) is 0 Å². The Hall–Kier alpha value is -2.54. The molecule has 120 valence electrons. The fourth-order valence-corrected chi connectivity index (χ4v) is 1.81. The molecule has 0 aliphatic rings. The average Bonchev–Trinajstić information content (AvgIpc) is 3.00. The Morgan fingerprint density at radius 2 is 2.00 bits per heavy atom. The lowest BCUT2D eigenvalue weighted by molar-refractivity contribution is -0.165. The summed E-state index contributed by atoms with van der Waals surface area (Å²) in [5, 5.41) is 10.2. The van der Waals surface area contributed by atoms with Crippen LogP contribution in [-0.2, 0) is 4.79 Å². The van der Waals surface area contributed by atoms with Crippen molar-refractivity contribution >= 4 is 35.0 Å². The van der Waals surface area contributed by atoms with Crippen molar-refractivity contribution in [3.63, 3.8) is 0 Å². The Morgan fingerprint density at radius 1 is 1.26 bits per heavy atom. The molecule has 1 aromatic heterocycles. The first-order chi connectivity index (χ1) is 10.8. The van der Waals surface area contributed by atoms with Crippen molar-refractivity contribution in [1.29, 1.82) is 0 Å². The van der Waals surface area contributed by atoms with Gasteiger partial charge >= 0.3 is 6.18 Å². The van der Waals surface area contributed by atoms with E-state index in [1.807, 2.05) is 0 Å². The van der Waals surface area contributed by atoms with Crippen molar-refractivity contribution in [1.82, 2.24) is 0 Å². The summed E-state index contributed by atoms with van der Waals surface area (Å²) in [6, 6.07) is 8.52. The number of nitrogens with zero attached hydrogens (tertiary/aromatic N) is 1. The Kier molecular flexibility index (Phi) is 4.90. The van der Waals surface area contributed by atoms with Crippen LogP contribution in [0.3, 0.4) is 0 Å².